The summed E-state index contributed by atoms with van der Waals surface area (Å²) in [4.78, 5) is 11.7. The van der Waals surface area contributed by atoms with Crippen LogP contribution in [0.1, 0.15) is 44.1 Å². The highest BCUT2D eigenvalue weighted by atomic mass is 35.5. The second-order valence-corrected chi connectivity index (χ2v) is 5.18. The molecule has 1 amide bonds. The zero-order valence-electron chi connectivity index (χ0n) is 11.3. The van der Waals surface area contributed by atoms with Gasteiger partial charge in [0.05, 0.1) is 6.04 Å². The molecule has 106 valence electrons. The Bertz CT molecular complexity index is 390. The van der Waals surface area contributed by atoms with Crippen LogP contribution in [0.3, 0.4) is 0 Å². The third kappa shape index (κ3) is 4.22. The lowest BCUT2D eigenvalue weighted by Gasteiger charge is -2.36. The number of hydrogen-bond acceptors (Lipinski definition) is 2. The average molecular weight is 283 g/mol. The Kier molecular flexibility index (Phi) is 6.32. The first-order valence-electron chi connectivity index (χ1n) is 6.81. The molecule has 1 unspecified atom stereocenters. The van der Waals surface area contributed by atoms with Crippen LogP contribution in [0.25, 0.3) is 0 Å². The fourth-order valence-electron chi connectivity index (χ4n) is 2.48. The number of benzene rings is 1. The van der Waals surface area contributed by atoms with Crippen LogP contribution in [0.4, 0.5) is 0 Å². The van der Waals surface area contributed by atoms with E-state index in [0.29, 0.717) is 12.0 Å². The third-order valence-corrected chi connectivity index (χ3v) is 3.69. The van der Waals surface area contributed by atoms with Crippen LogP contribution in [-0.4, -0.2) is 18.0 Å². The number of amides is 1. The molecule has 2 rings (SSSR count). The van der Waals surface area contributed by atoms with Crippen molar-refractivity contribution in [2.75, 3.05) is 0 Å². The Morgan fingerprint density at radius 2 is 2.00 bits per heavy atom. The minimum Gasteiger partial charge on any atom is -0.352 e. The Balaban J connectivity index is 0.00000180. The smallest absolute Gasteiger partial charge is 0.237 e. The lowest BCUT2D eigenvalue weighted by molar-refractivity contribution is -0.123. The summed E-state index contributed by atoms with van der Waals surface area (Å²) < 4.78 is 0. The zero-order valence-corrected chi connectivity index (χ0v) is 12.2. The number of hydrogen-bond donors (Lipinski definition) is 2. The summed E-state index contributed by atoms with van der Waals surface area (Å²) in [5, 5.41) is 3.04. The molecule has 4 heteroatoms. The highest BCUT2D eigenvalue weighted by Gasteiger charge is 2.31. The molecule has 0 bridgehead atoms. The van der Waals surface area contributed by atoms with Crippen molar-refractivity contribution in [3.8, 4) is 0 Å². The molecule has 1 aliphatic carbocycles. The van der Waals surface area contributed by atoms with E-state index in [2.05, 4.69) is 29.6 Å². The van der Waals surface area contributed by atoms with Crippen LogP contribution >= 0.6 is 12.4 Å². The quantitative estimate of drug-likeness (QED) is 0.872. The molecule has 1 saturated carbocycles. The second kappa shape index (κ2) is 7.51. The van der Waals surface area contributed by atoms with Gasteiger partial charge in [0.25, 0.3) is 0 Å². The Hall–Kier alpha value is -1.06. The van der Waals surface area contributed by atoms with Gasteiger partial charge in [-0.25, -0.2) is 0 Å². The molecule has 1 aromatic rings. The van der Waals surface area contributed by atoms with Crippen molar-refractivity contribution in [3.63, 3.8) is 0 Å². The molecule has 3 N–H and O–H groups in total. The maximum absolute atomic E-state index is 11.7. The first-order chi connectivity index (χ1) is 8.70. The van der Waals surface area contributed by atoms with Crippen LogP contribution in [0.2, 0.25) is 0 Å². The number of nitrogens with two attached hydrogens (primary N) is 1. The van der Waals surface area contributed by atoms with Crippen molar-refractivity contribution in [1.29, 1.82) is 0 Å². The van der Waals surface area contributed by atoms with E-state index >= 15 is 0 Å². The molecule has 1 atom stereocenters. The van der Waals surface area contributed by atoms with E-state index < -0.39 is 0 Å². The van der Waals surface area contributed by atoms with Gasteiger partial charge in [0.2, 0.25) is 5.91 Å². The molecule has 3 nitrogen and oxygen atoms in total. The van der Waals surface area contributed by atoms with Crippen molar-refractivity contribution in [2.45, 2.75) is 50.6 Å². The summed E-state index contributed by atoms with van der Waals surface area (Å²) in [5.74, 6) is 0.604. The van der Waals surface area contributed by atoms with Gasteiger partial charge in [0.1, 0.15) is 0 Å². The maximum atomic E-state index is 11.7. The molecular weight excluding hydrogens is 260 g/mol. The summed E-state index contributed by atoms with van der Waals surface area (Å²) in [6, 6.07) is 10.5. The standard InChI is InChI=1S/C15H22N2O.ClH/c1-2-6-14(16)15(18)17-13-9-12(10-13)11-7-4-3-5-8-11;/h3-5,7-8,12-14H,2,6,9-10,16H2,1H3,(H,17,18);1H. The van der Waals surface area contributed by atoms with Gasteiger partial charge in [-0.15, -0.1) is 12.4 Å². The summed E-state index contributed by atoms with van der Waals surface area (Å²) in [7, 11) is 0. The lowest BCUT2D eigenvalue weighted by Crippen LogP contribution is -2.49. The number of halogens is 1. The fraction of sp³-hybridized carbons (Fsp3) is 0.533. The Morgan fingerprint density at radius 3 is 2.58 bits per heavy atom. The minimum absolute atomic E-state index is 0. The van der Waals surface area contributed by atoms with Gasteiger partial charge in [-0.1, -0.05) is 43.7 Å². The van der Waals surface area contributed by atoms with E-state index in [1.54, 1.807) is 0 Å². The number of nitrogens with one attached hydrogen (secondary N) is 1. The van der Waals surface area contributed by atoms with E-state index in [0.717, 1.165) is 25.7 Å². The molecule has 19 heavy (non-hydrogen) atoms. The van der Waals surface area contributed by atoms with Gasteiger partial charge >= 0.3 is 0 Å². The Morgan fingerprint density at radius 1 is 1.37 bits per heavy atom. The predicted molar refractivity (Wildman–Crippen MR) is 80.5 cm³/mol. The van der Waals surface area contributed by atoms with Crippen LogP contribution < -0.4 is 11.1 Å². The molecule has 0 spiro atoms. The van der Waals surface area contributed by atoms with Crippen molar-refractivity contribution in [1.82, 2.24) is 5.32 Å². The first-order valence-corrected chi connectivity index (χ1v) is 6.81. The summed E-state index contributed by atoms with van der Waals surface area (Å²) >= 11 is 0. The van der Waals surface area contributed by atoms with Crippen LogP contribution in [-0.2, 0) is 4.79 Å². The molecule has 0 saturated heterocycles. The fourth-order valence-corrected chi connectivity index (χ4v) is 2.48. The van der Waals surface area contributed by atoms with Crippen LogP contribution in [0, 0.1) is 0 Å². The minimum atomic E-state index is -0.342. The van der Waals surface area contributed by atoms with Crippen molar-refractivity contribution < 1.29 is 4.79 Å². The van der Waals surface area contributed by atoms with Crippen molar-refractivity contribution >= 4 is 18.3 Å². The molecule has 0 radical (unpaired) electrons. The largest absolute Gasteiger partial charge is 0.352 e. The van der Waals surface area contributed by atoms with Gasteiger partial charge in [-0.3, -0.25) is 4.79 Å². The normalized spacial score (nSPS) is 22.8. The summed E-state index contributed by atoms with van der Waals surface area (Å²) in [6.07, 6.45) is 3.79. The third-order valence-electron chi connectivity index (χ3n) is 3.69. The number of rotatable bonds is 5. The molecule has 1 aromatic carbocycles. The SMILES string of the molecule is CCCC(N)C(=O)NC1CC(c2ccccc2)C1.Cl. The van der Waals surface area contributed by atoms with Gasteiger partial charge in [-0.05, 0) is 30.7 Å². The van der Waals surface area contributed by atoms with E-state index in [9.17, 15) is 4.79 Å². The highest BCUT2D eigenvalue weighted by molar-refractivity contribution is 5.85. The molecule has 0 aliphatic heterocycles. The number of carbonyl (C=O) groups is 1. The zero-order chi connectivity index (χ0) is 13.0. The van der Waals surface area contributed by atoms with Gasteiger partial charge in [0, 0.05) is 6.04 Å². The van der Waals surface area contributed by atoms with Gasteiger partial charge < -0.3 is 11.1 Å². The van der Waals surface area contributed by atoms with Gasteiger partial charge in [0.15, 0.2) is 0 Å². The molecule has 0 heterocycles. The summed E-state index contributed by atoms with van der Waals surface area (Å²) in [6.45, 7) is 2.04. The van der Waals surface area contributed by atoms with E-state index in [1.807, 2.05) is 13.0 Å². The highest BCUT2D eigenvalue weighted by Crippen LogP contribution is 2.36. The molecule has 0 aromatic heterocycles. The number of carbonyl (C=O) groups excluding carboxylic acids is 1. The van der Waals surface area contributed by atoms with Crippen LogP contribution in [0.5, 0.6) is 0 Å². The second-order valence-electron chi connectivity index (χ2n) is 5.18. The van der Waals surface area contributed by atoms with Crippen molar-refractivity contribution in [2.24, 2.45) is 5.73 Å². The van der Waals surface area contributed by atoms with E-state index in [4.69, 9.17) is 5.73 Å². The maximum Gasteiger partial charge on any atom is 0.237 e. The Labute approximate surface area is 121 Å². The first kappa shape index (κ1) is 16.0. The molecule has 1 fully saturated rings. The predicted octanol–water partition coefficient (Wildman–Crippen LogP) is 2.60. The average Bonchev–Trinajstić information content (AvgIpc) is 2.34. The van der Waals surface area contributed by atoms with Gasteiger partial charge in [-0.2, -0.15) is 0 Å². The van der Waals surface area contributed by atoms with E-state index in [1.165, 1.54) is 5.56 Å². The molecular formula is C15H23ClN2O. The van der Waals surface area contributed by atoms with Crippen LogP contribution in [0.15, 0.2) is 30.3 Å². The molecule has 1 aliphatic rings. The van der Waals surface area contributed by atoms with E-state index in [-0.39, 0.29) is 24.4 Å². The topological polar surface area (TPSA) is 55.1 Å². The van der Waals surface area contributed by atoms with Crippen molar-refractivity contribution in [3.05, 3.63) is 35.9 Å². The lowest BCUT2D eigenvalue weighted by atomic mass is 9.76. The monoisotopic (exact) mass is 282 g/mol. The summed E-state index contributed by atoms with van der Waals surface area (Å²) in [5.41, 5.74) is 7.16.